The number of methoxy groups -OCH3 is 1. The molecule has 0 saturated carbocycles. The molecule has 1 aromatic rings. The van der Waals surface area contributed by atoms with Crippen LogP contribution in [0.4, 0.5) is 4.39 Å². The Morgan fingerprint density at radius 3 is 2.25 bits per heavy atom. The predicted molar refractivity (Wildman–Crippen MR) is 60.6 cm³/mol. The van der Waals surface area contributed by atoms with E-state index in [9.17, 15) is 9.18 Å². The minimum Gasteiger partial charge on any atom is -0.469 e. The molecule has 0 unspecified atom stereocenters. The number of esters is 1. The summed E-state index contributed by atoms with van der Waals surface area (Å²) in [5, 5.41) is 0. The number of alkyl halides is 1. The summed E-state index contributed by atoms with van der Waals surface area (Å²) in [6, 6.07) is 8.71. The first-order valence-electron chi connectivity index (χ1n) is 5.34. The van der Waals surface area contributed by atoms with Crippen LogP contribution in [0, 0.1) is 11.8 Å². The normalized spacial score (nSPS) is 14.6. The van der Waals surface area contributed by atoms with E-state index in [1.165, 1.54) is 7.11 Å². The van der Waals surface area contributed by atoms with Crippen molar-refractivity contribution in [1.29, 1.82) is 0 Å². The molecular formula is C13H17FO2. The Morgan fingerprint density at radius 2 is 1.81 bits per heavy atom. The lowest BCUT2D eigenvalue weighted by Gasteiger charge is -2.22. The fourth-order valence-corrected chi connectivity index (χ4v) is 1.71. The van der Waals surface area contributed by atoms with Crippen molar-refractivity contribution in [3.8, 4) is 0 Å². The van der Waals surface area contributed by atoms with Crippen molar-refractivity contribution in [1.82, 2.24) is 0 Å². The van der Waals surface area contributed by atoms with Gasteiger partial charge in [-0.2, -0.15) is 0 Å². The Hall–Kier alpha value is -1.38. The maximum absolute atomic E-state index is 14.2. The standard InChI is InChI=1S/C13H17FO2/c1-9(2)11(13(15)16-3)12(14)10-7-5-4-6-8-10/h4-9,11-12H,1-3H3/t11-,12-/m1/s1. The van der Waals surface area contributed by atoms with Gasteiger partial charge < -0.3 is 4.74 Å². The molecule has 0 spiro atoms. The molecule has 0 radical (unpaired) electrons. The maximum atomic E-state index is 14.2. The van der Waals surface area contributed by atoms with Crippen LogP contribution in [0.2, 0.25) is 0 Å². The monoisotopic (exact) mass is 224 g/mol. The van der Waals surface area contributed by atoms with Gasteiger partial charge in [-0.3, -0.25) is 4.79 Å². The Balaban J connectivity index is 2.92. The molecule has 0 amide bonds. The van der Waals surface area contributed by atoms with Crippen LogP contribution in [-0.4, -0.2) is 13.1 Å². The zero-order valence-electron chi connectivity index (χ0n) is 9.81. The van der Waals surface area contributed by atoms with Gasteiger partial charge in [0.15, 0.2) is 0 Å². The number of halogens is 1. The molecule has 0 aliphatic heterocycles. The summed E-state index contributed by atoms with van der Waals surface area (Å²) in [6.45, 7) is 3.63. The van der Waals surface area contributed by atoms with Gasteiger partial charge in [0.2, 0.25) is 0 Å². The van der Waals surface area contributed by atoms with Crippen LogP contribution in [0.1, 0.15) is 25.6 Å². The molecular weight excluding hydrogens is 207 g/mol. The van der Waals surface area contributed by atoms with E-state index >= 15 is 0 Å². The van der Waals surface area contributed by atoms with E-state index in [-0.39, 0.29) is 5.92 Å². The quantitative estimate of drug-likeness (QED) is 0.734. The summed E-state index contributed by atoms with van der Waals surface area (Å²) in [4.78, 5) is 11.5. The minimum absolute atomic E-state index is 0.0948. The van der Waals surface area contributed by atoms with Gasteiger partial charge in [-0.25, -0.2) is 4.39 Å². The van der Waals surface area contributed by atoms with Gasteiger partial charge in [0.05, 0.1) is 13.0 Å². The van der Waals surface area contributed by atoms with E-state index in [0.717, 1.165) is 0 Å². The average Bonchev–Trinajstić information content (AvgIpc) is 2.29. The first-order chi connectivity index (χ1) is 7.57. The number of benzene rings is 1. The van der Waals surface area contributed by atoms with E-state index in [0.29, 0.717) is 5.56 Å². The molecule has 1 aromatic carbocycles. The van der Waals surface area contributed by atoms with Gasteiger partial charge in [0, 0.05) is 0 Å². The largest absolute Gasteiger partial charge is 0.469 e. The second-order valence-electron chi connectivity index (χ2n) is 4.11. The van der Waals surface area contributed by atoms with Gasteiger partial charge in [0.25, 0.3) is 0 Å². The summed E-state index contributed by atoms with van der Waals surface area (Å²) in [5.74, 6) is -1.33. The number of hydrogen-bond donors (Lipinski definition) is 0. The number of hydrogen-bond acceptors (Lipinski definition) is 2. The van der Waals surface area contributed by atoms with Crippen molar-refractivity contribution in [2.75, 3.05) is 7.11 Å². The molecule has 0 N–H and O–H groups in total. The third kappa shape index (κ3) is 2.81. The fraction of sp³-hybridized carbons (Fsp3) is 0.462. The fourth-order valence-electron chi connectivity index (χ4n) is 1.71. The third-order valence-electron chi connectivity index (χ3n) is 2.62. The number of carbonyl (C=O) groups is 1. The van der Waals surface area contributed by atoms with E-state index in [1.807, 2.05) is 19.9 Å². The Bertz CT molecular complexity index is 335. The SMILES string of the molecule is COC(=O)[C@H](C(C)C)[C@H](F)c1ccccc1. The molecule has 0 aliphatic carbocycles. The average molecular weight is 224 g/mol. The molecule has 0 aromatic heterocycles. The van der Waals surface area contributed by atoms with Gasteiger partial charge >= 0.3 is 5.97 Å². The van der Waals surface area contributed by atoms with E-state index in [1.54, 1.807) is 24.3 Å². The topological polar surface area (TPSA) is 26.3 Å². The molecule has 0 heterocycles. The second kappa shape index (κ2) is 5.64. The van der Waals surface area contributed by atoms with Crippen LogP contribution in [0.3, 0.4) is 0 Å². The van der Waals surface area contributed by atoms with E-state index in [2.05, 4.69) is 4.74 Å². The van der Waals surface area contributed by atoms with Gasteiger partial charge in [0.1, 0.15) is 6.17 Å². The minimum atomic E-state index is -1.31. The van der Waals surface area contributed by atoms with Crippen LogP contribution in [0.15, 0.2) is 30.3 Å². The Labute approximate surface area is 95.4 Å². The number of rotatable bonds is 4. The smallest absolute Gasteiger partial charge is 0.312 e. The first-order valence-corrected chi connectivity index (χ1v) is 5.34. The lowest BCUT2D eigenvalue weighted by atomic mass is 9.87. The second-order valence-corrected chi connectivity index (χ2v) is 4.11. The highest BCUT2D eigenvalue weighted by molar-refractivity contribution is 5.73. The van der Waals surface area contributed by atoms with Crippen LogP contribution in [0.25, 0.3) is 0 Å². The summed E-state index contributed by atoms with van der Waals surface area (Å²) >= 11 is 0. The van der Waals surface area contributed by atoms with E-state index in [4.69, 9.17) is 0 Å². The zero-order chi connectivity index (χ0) is 12.1. The summed E-state index contributed by atoms with van der Waals surface area (Å²) in [7, 11) is 1.29. The van der Waals surface area contributed by atoms with Crippen molar-refractivity contribution in [3.63, 3.8) is 0 Å². The van der Waals surface area contributed by atoms with E-state index < -0.39 is 18.1 Å². The Morgan fingerprint density at radius 1 is 1.25 bits per heavy atom. The summed E-state index contributed by atoms with van der Waals surface area (Å²) < 4.78 is 18.8. The molecule has 3 heteroatoms. The molecule has 2 nitrogen and oxygen atoms in total. The van der Waals surface area contributed by atoms with Crippen molar-refractivity contribution < 1.29 is 13.9 Å². The molecule has 0 saturated heterocycles. The Kier molecular flexibility index (Phi) is 4.47. The number of carbonyl (C=O) groups excluding carboxylic acids is 1. The van der Waals surface area contributed by atoms with Crippen LogP contribution >= 0.6 is 0 Å². The van der Waals surface area contributed by atoms with Gasteiger partial charge in [-0.1, -0.05) is 44.2 Å². The highest BCUT2D eigenvalue weighted by Crippen LogP contribution is 2.32. The summed E-state index contributed by atoms with van der Waals surface area (Å²) in [5.41, 5.74) is 0.520. The lowest BCUT2D eigenvalue weighted by Crippen LogP contribution is -2.26. The van der Waals surface area contributed by atoms with Crippen molar-refractivity contribution in [2.24, 2.45) is 11.8 Å². The number of ether oxygens (including phenoxy) is 1. The van der Waals surface area contributed by atoms with Crippen molar-refractivity contribution >= 4 is 5.97 Å². The predicted octanol–water partition coefficient (Wildman–Crippen LogP) is 3.14. The first kappa shape index (κ1) is 12.7. The van der Waals surface area contributed by atoms with Crippen LogP contribution in [0.5, 0.6) is 0 Å². The highest BCUT2D eigenvalue weighted by Gasteiger charge is 2.33. The van der Waals surface area contributed by atoms with Gasteiger partial charge in [-0.05, 0) is 11.5 Å². The zero-order valence-corrected chi connectivity index (χ0v) is 9.81. The lowest BCUT2D eigenvalue weighted by molar-refractivity contribution is -0.149. The van der Waals surface area contributed by atoms with Crippen LogP contribution < -0.4 is 0 Å². The molecule has 0 aliphatic rings. The summed E-state index contributed by atoms with van der Waals surface area (Å²) in [6.07, 6.45) is -1.31. The van der Waals surface area contributed by atoms with Crippen molar-refractivity contribution in [3.05, 3.63) is 35.9 Å². The molecule has 0 bridgehead atoms. The molecule has 2 atom stereocenters. The highest BCUT2D eigenvalue weighted by atomic mass is 19.1. The van der Waals surface area contributed by atoms with Crippen LogP contribution in [-0.2, 0) is 9.53 Å². The molecule has 16 heavy (non-hydrogen) atoms. The maximum Gasteiger partial charge on any atom is 0.312 e. The third-order valence-corrected chi connectivity index (χ3v) is 2.62. The molecule has 88 valence electrons. The molecule has 0 fully saturated rings. The van der Waals surface area contributed by atoms with Crippen molar-refractivity contribution in [2.45, 2.75) is 20.0 Å². The van der Waals surface area contributed by atoms with Gasteiger partial charge in [-0.15, -0.1) is 0 Å². The molecule has 1 rings (SSSR count).